The molecule has 0 spiro atoms. The van der Waals surface area contributed by atoms with Gasteiger partial charge in [0.1, 0.15) is 0 Å². The normalized spacial score (nSPS) is 11.2. The lowest BCUT2D eigenvalue weighted by Gasteiger charge is -2.10. The average Bonchev–Trinajstić information content (AvgIpc) is 2.14. The SMILES string of the molecule is O=[N+]([O-])c1cccc(C(Cl)(Cl)Cl)c1[N+](=O)[O-]. The van der Waals surface area contributed by atoms with Crippen LogP contribution in [0.3, 0.4) is 0 Å². The lowest BCUT2D eigenvalue weighted by atomic mass is 10.1. The van der Waals surface area contributed by atoms with Gasteiger partial charge < -0.3 is 0 Å². The van der Waals surface area contributed by atoms with Crippen LogP contribution in [0.25, 0.3) is 0 Å². The van der Waals surface area contributed by atoms with Crippen molar-refractivity contribution >= 4 is 46.2 Å². The molecule has 1 aromatic carbocycles. The molecule has 1 rings (SSSR count). The predicted octanol–water partition coefficient (Wildman–Crippen LogP) is 3.33. The van der Waals surface area contributed by atoms with Crippen molar-refractivity contribution in [1.29, 1.82) is 0 Å². The molecule has 0 N–H and O–H groups in total. The zero-order valence-electron chi connectivity index (χ0n) is 7.39. The van der Waals surface area contributed by atoms with E-state index in [1.165, 1.54) is 6.07 Å². The van der Waals surface area contributed by atoms with Crippen molar-refractivity contribution in [1.82, 2.24) is 0 Å². The first-order valence-corrected chi connectivity index (χ1v) is 4.87. The number of para-hydroxylation sites is 1. The number of benzene rings is 1. The first-order valence-electron chi connectivity index (χ1n) is 3.74. The summed E-state index contributed by atoms with van der Waals surface area (Å²) < 4.78 is -2.09. The summed E-state index contributed by atoms with van der Waals surface area (Å²) >= 11 is 16.5. The smallest absolute Gasteiger partial charge is 0.258 e. The van der Waals surface area contributed by atoms with Crippen molar-refractivity contribution in [3.8, 4) is 0 Å². The molecule has 0 saturated carbocycles. The molecule has 0 bridgehead atoms. The fraction of sp³-hybridized carbons (Fsp3) is 0.143. The van der Waals surface area contributed by atoms with Gasteiger partial charge in [0.15, 0.2) is 0 Å². The molecule has 0 aliphatic rings. The summed E-state index contributed by atoms with van der Waals surface area (Å²) in [6.07, 6.45) is 0. The molecule has 0 aliphatic carbocycles. The molecule has 0 amide bonds. The summed E-state index contributed by atoms with van der Waals surface area (Å²) in [5.74, 6) is 0. The van der Waals surface area contributed by atoms with Gasteiger partial charge in [-0.2, -0.15) is 0 Å². The zero-order chi connectivity index (χ0) is 12.5. The van der Waals surface area contributed by atoms with Gasteiger partial charge >= 0.3 is 11.4 Å². The molecular formula is C7H3Cl3N2O4. The Balaban J connectivity index is 3.58. The monoisotopic (exact) mass is 284 g/mol. The molecule has 6 nitrogen and oxygen atoms in total. The van der Waals surface area contributed by atoms with Gasteiger partial charge in [0.2, 0.25) is 3.79 Å². The van der Waals surface area contributed by atoms with Gasteiger partial charge in [-0.1, -0.05) is 40.9 Å². The number of hydrogen-bond donors (Lipinski definition) is 0. The van der Waals surface area contributed by atoms with E-state index in [1.807, 2.05) is 0 Å². The highest BCUT2D eigenvalue weighted by molar-refractivity contribution is 6.67. The van der Waals surface area contributed by atoms with Crippen molar-refractivity contribution < 1.29 is 9.85 Å². The molecule has 86 valence electrons. The van der Waals surface area contributed by atoms with E-state index >= 15 is 0 Å². The van der Waals surface area contributed by atoms with Gasteiger partial charge in [0.05, 0.1) is 15.4 Å². The van der Waals surface area contributed by atoms with Gasteiger partial charge in [-0.3, -0.25) is 20.2 Å². The van der Waals surface area contributed by atoms with Crippen LogP contribution in [-0.4, -0.2) is 9.85 Å². The van der Waals surface area contributed by atoms with Gasteiger partial charge in [-0.25, -0.2) is 0 Å². The Hall–Kier alpha value is -1.11. The first kappa shape index (κ1) is 13.0. The summed E-state index contributed by atoms with van der Waals surface area (Å²) in [4.78, 5) is 19.4. The van der Waals surface area contributed by atoms with Crippen LogP contribution in [0.5, 0.6) is 0 Å². The molecule has 0 saturated heterocycles. The van der Waals surface area contributed by atoms with Crippen molar-refractivity contribution in [3.05, 3.63) is 44.0 Å². The molecule has 0 fully saturated rings. The second-order valence-corrected chi connectivity index (χ2v) is 4.97. The minimum absolute atomic E-state index is 0.336. The van der Waals surface area contributed by atoms with Crippen molar-refractivity contribution in [2.45, 2.75) is 3.79 Å². The van der Waals surface area contributed by atoms with E-state index in [0.717, 1.165) is 12.1 Å². The van der Waals surface area contributed by atoms with Crippen LogP contribution in [0.4, 0.5) is 11.4 Å². The molecule has 0 aromatic heterocycles. The number of nitro benzene ring substituents is 2. The first-order chi connectivity index (χ1) is 7.25. The van der Waals surface area contributed by atoms with Crippen molar-refractivity contribution in [3.63, 3.8) is 0 Å². The van der Waals surface area contributed by atoms with E-state index in [-0.39, 0.29) is 5.56 Å². The number of nitro groups is 2. The predicted molar refractivity (Wildman–Crippen MR) is 59.0 cm³/mol. The number of alkyl halides is 3. The molecule has 16 heavy (non-hydrogen) atoms. The highest BCUT2D eigenvalue weighted by Gasteiger charge is 2.37. The molecule has 0 atom stereocenters. The van der Waals surface area contributed by atoms with E-state index in [0.29, 0.717) is 0 Å². The Morgan fingerprint density at radius 1 is 1.06 bits per heavy atom. The van der Waals surface area contributed by atoms with E-state index in [9.17, 15) is 20.2 Å². The van der Waals surface area contributed by atoms with Gasteiger partial charge in [0, 0.05) is 6.07 Å². The lowest BCUT2D eigenvalue weighted by Crippen LogP contribution is -2.07. The molecule has 1 aromatic rings. The number of nitrogens with zero attached hydrogens (tertiary/aromatic N) is 2. The minimum Gasteiger partial charge on any atom is -0.258 e. The number of hydrogen-bond acceptors (Lipinski definition) is 4. The lowest BCUT2D eigenvalue weighted by molar-refractivity contribution is -0.423. The van der Waals surface area contributed by atoms with Gasteiger partial charge in [-0.15, -0.1) is 0 Å². The van der Waals surface area contributed by atoms with Gasteiger partial charge in [-0.05, 0) is 6.07 Å². The average molecular weight is 285 g/mol. The quantitative estimate of drug-likeness (QED) is 0.474. The van der Waals surface area contributed by atoms with Crippen LogP contribution in [0.15, 0.2) is 18.2 Å². The molecule has 0 radical (unpaired) electrons. The molecule has 0 unspecified atom stereocenters. The molecular weight excluding hydrogens is 282 g/mol. The van der Waals surface area contributed by atoms with Crippen LogP contribution in [0.1, 0.15) is 5.56 Å². The number of rotatable bonds is 2. The number of halogens is 3. The zero-order valence-corrected chi connectivity index (χ0v) is 9.66. The second-order valence-electron chi connectivity index (χ2n) is 2.69. The summed E-state index contributed by atoms with van der Waals surface area (Å²) in [5.41, 5.74) is -1.86. The maximum Gasteiger partial charge on any atom is 0.353 e. The van der Waals surface area contributed by atoms with Crippen LogP contribution < -0.4 is 0 Å². The minimum atomic E-state index is -2.09. The van der Waals surface area contributed by atoms with Crippen LogP contribution in [-0.2, 0) is 3.79 Å². The summed E-state index contributed by atoms with van der Waals surface area (Å²) in [6, 6.07) is 3.33. The van der Waals surface area contributed by atoms with E-state index < -0.39 is 25.0 Å². The Morgan fingerprint density at radius 2 is 1.62 bits per heavy atom. The standard InChI is InChI=1S/C7H3Cl3N2O4/c8-7(9,10)4-2-1-3-5(11(13)14)6(4)12(15)16/h1-3H. The molecule has 0 aliphatic heterocycles. The van der Waals surface area contributed by atoms with Crippen molar-refractivity contribution in [2.75, 3.05) is 0 Å². The summed E-state index contributed by atoms with van der Waals surface area (Å²) in [7, 11) is 0. The third-order valence-corrected chi connectivity index (χ3v) is 2.31. The summed E-state index contributed by atoms with van der Waals surface area (Å²) in [5, 5.41) is 21.3. The molecule has 9 heteroatoms. The van der Waals surface area contributed by atoms with E-state index in [1.54, 1.807) is 0 Å². The Kier molecular flexibility index (Phi) is 3.57. The van der Waals surface area contributed by atoms with E-state index in [2.05, 4.69) is 0 Å². The maximum atomic E-state index is 10.7. The van der Waals surface area contributed by atoms with Crippen LogP contribution in [0, 0.1) is 20.2 Å². The van der Waals surface area contributed by atoms with Crippen LogP contribution >= 0.6 is 34.8 Å². The van der Waals surface area contributed by atoms with E-state index in [4.69, 9.17) is 34.8 Å². The largest absolute Gasteiger partial charge is 0.353 e. The highest BCUT2D eigenvalue weighted by Crippen LogP contribution is 2.45. The second kappa shape index (κ2) is 4.40. The topological polar surface area (TPSA) is 86.3 Å². The highest BCUT2D eigenvalue weighted by atomic mass is 35.6. The third-order valence-electron chi connectivity index (χ3n) is 1.70. The summed E-state index contributed by atoms with van der Waals surface area (Å²) in [6.45, 7) is 0. The Labute approximate surface area is 104 Å². The third kappa shape index (κ3) is 2.52. The van der Waals surface area contributed by atoms with Crippen LogP contribution in [0.2, 0.25) is 0 Å². The maximum absolute atomic E-state index is 10.7. The van der Waals surface area contributed by atoms with Crippen molar-refractivity contribution in [2.24, 2.45) is 0 Å². The fourth-order valence-electron chi connectivity index (χ4n) is 1.10. The Bertz CT molecular complexity index is 457. The Morgan fingerprint density at radius 3 is 2.00 bits per heavy atom. The van der Waals surface area contributed by atoms with Gasteiger partial charge in [0.25, 0.3) is 0 Å². The molecule has 0 heterocycles. The fourth-order valence-corrected chi connectivity index (χ4v) is 1.56.